The lowest BCUT2D eigenvalue weighted by atomic mass is 9.98. The first-order chi connectivity index (χ1) is 13.1. The van der Waals surface area contributed by atoms with Gasteiger partial charge in [0.25, 0.3) is 0 Å². The summed E-state index contributed by atoms with van der Waals surface area (Å²) >= 11 is 0. The van der Waals surface area contributed by atoms with Crippen molar-refractivity contribution in [3.05, 3.63) is 59.8 Å². The smallest absolute Gasteiger partial charge is 0.226 e. The second kappa shape index (κ2) is 6.01. The molecule has 3 aromatic rings. The molecule has 2 aliphatic rings. The fourth-order valence-corrected chi connectivity index (χ4v) is 3.78. The zero-order valence-electron chi connectivity index (χ0n) is 15.0. The van der Waals surface area contributed by atoms with Gasteiger partial charge in [-0.2, -0.15) is 5.10 Å². The van der Waals surface area contributed by atoms with E-state index in [0.717, 1.165) is 46.5 Å². The quantitative estimate of drug-likeness (QED) is 0.716. The Hall–Kier alpha value is -3.02. The van der Waals surface area contributed by atoms with Gasteiger partial charge in [0.1, 0.15) is 11.5 Å². The number of aromatic nitrogens is 3. The van der Waals surface area contributed by atoms with Crippen LogP contribution in [-0.4, -0.2) is 25.6 Å². The van der Waals surface area contributed by atoms with E-state index >= 15 is 0 Å². The molecular weight excluding hydrogens is 343 g/mol. The van der Waals surface area contributed by atoms with Crippen LogP contribution in [0.25, 0.3) is 22.4 Å². The summed E-state index contributed by atoms with van der Waals surface area (Å²) in [7, 11) is 1.88. The normalized spacial score (nSPS) is 15.9. The van der Waals surface area contributed by atoms with E-state index in [2.05, 4.69) is 10.1 Å². The minimum atomic E-state index is -0.268. The maximum absolute atomic E-state index is 13.3. The number of nitrogens with zero attached hydrogens (tertiary/aromatic N) is 4. The number of hydrogen-bond acceptors (Lipinski definition) is 3. The predicted octanol–water partition coefficient (Wildman–Crippen LogP) is 3.54. The van der Waals surface area contributed by atoms with E-state index in [-0.39, 0.29) is 17.6 Å². The van der Waals surface area contributed by atoms with Gasteiger partial charge >= 0.3 is 0 Å². The molecule has 27 heavy (non-hydrogen) atoms. The Morgan fingerprint density at radius 2 is 1.89 bits per heavy atom. The second-order valence-corrected chi connectivity index (χ2v) is 7.32. The fraction of sp³-hybridized carbons (Fsp3) is 0.286. The molecular formula is C21H19FN4O. The van der Waals surface area contributed by atoms with Gasteiger partial charge in [0.15, 0.2) is 0 Å². The predicted molar refractivity (Wildman–Crippen MR) is 98.8 cm³/mol. The average Bonchev–Trinajstić information content (AvgIpc) is 3.31. The summed E-state index contributed by atoms with van der Waals surface area (Å²) in [5, 5.41) is 4.60. The summed E-state index contributed by atoms with van der Waals surface area (Å²) in [6, 6.07) is 8.35. The Kier molecular flexibility index (Phi) is 3.60. The van der Waals surface area contributed by atoms with Gasteiger partial charge in [-0.3, -0.25) is 14.5 Å². The summed E-state index contributed by atoms with van der Waals surface area (Å²) < 4.78 is 15.1. The molecule has 5 nitrogen and oxygen atoms in total. The van der Waals surface area contributed by atoms with Gasteiger partial charge in [-0.25, -0.2) is 4.39 Å². The van der Waals surface area contributed by atoms with Gasteiger partial charge in [0.2, 0.25) is 5.91 Å². The Balaban J connectivity index is 1.57. The van der Waals surface area contributed by atoms with Crippen molar-refractivity contribution in [1.82, 2.24) is 19.7 Å². The van der Waals surface area contributed by atoms with Crippen LogP contribution < -0.4 is 0 Å². The topological polar surface area (TPSA) is 51.0 Å². The average molecular weight is 362 g/mol. The lowest BCUT2D eigenvalue weighted by molar-refractivity contribution is -0.133. The number of carbonyl (C=O) groups is 1. The molecule has 2 aromatic heterocycles. The van der Waals surface area contributed by atoms with E-state index < -0.39 is 0 Å². The minimum Gasteiger partial charge on any atom is -0.332 e. The molecule has 6 heteroatoms. The minimum absolute atomic E-state index is 0.205. The van der Waals surface area contributed by atoms with Crippen molar-refractivity contribution in [2.75, 3.05) is 0 Å². The number of rotatable bonds is 3. The molecule has 1 aliphatic carbocycles. The van der Waals surface area contributed by atoms with Crippen molar-refractivity contribution >= 4 is 5.91 Å². The van der Waals surface area contributed by atoms with Gasteiger partial charge in [0, 0.05) is 48.6 Å². The van der Waals surface area contributed by atoms with Crippen molar-refractivity contribution in [2.45, 2.75) is 25.9 Å². The number of pyridine rings is 1. The molecule has 1 aliphatic heterocycles. The van der Waals surface area contributed by atoms with Gasteiger partial charge in [-0.1, -0.05) is 0 Å². The van der Waals surface area contributed by atoms with Crippen LogP contribution >= 0.6 is 0 Å². The fourth-order valence-electron chi connectivity index (χ4n) is 3.78. The highest BCUT2D eigenvalue weighted by Gasteiger charge is 2.37. The Morgan fingerprint density at radius 1 is 1.11 bits per heavy atom. The number of fused-ring (bicyclic) bond motifs is 1. The number of halogens is 1. The van der Waals surface area contributed by atoms with Crippen LogP contribution in [0.1, 0.15) is 24.1 Å². The van der Waals surface area contributed by atoms with Gasteiger partial charge in [-0.05, 0) is 48.7 Å². The Morgan fingerprint density at radius 3 is 2.63 bits per heavy atom. The molecule has 1 aromatic carbocycles. The maximum atomic E-state index is 13.3. The molecule has 0 bridgehead atoms. The second-order valence-electron chi connectivity index (χ2n) is 7.32. The summed E-state index contributed by atoms with van der Waals surface area (Å²) in [6.07, 6.45) is 5.77. The molecule has 0 unspecified atom stereocenters. The highest BCUT2D eigenvalue weighted by molar-refractivity contribution is 5.85. The van der Waals surface area contributed by atoms with Crippen LogP contribution in [0.2, 0.25) is 0 Å². The Bertz CT molecular complexity index is 1040. The van der Waals surface area contributed by atoms with Crippen molar-refractivity contribution in [1.29, 1.82) is 0 Å². The van der Waals surface area contributed by atoms with E-state index in [1.165, 1.54) is 12.1 Å². The molecule has 3 heterocycles. The van der Waals surface area contributed by atoms with Crippen LogP contribution in [-0.2, 0) is 24.9 Å². The first-order valence-electron chi connectivity index (χ1n) is 9.15. The monoisotopic (exact) mass is 362 g/mol. The van der Waals surface area contributed by atoms with Crippen LogP contribution in [0.3, 0.4) is 0 Å². The molecule has 0 N–H and O–H groups in total. The number of aryl methyl sites for hydroxylation is 1. The highest BCUT2D eigenvalue weighted by Crippen LogP contribution is 2.39. The largest absolute Gasteiger partial charge is 0.332 e. The molecule has 0 saturated heterocycles. The lowest BCUT2D eigenvalue weighted by Crippen LogP contribution is -2.26. The van der Waals surface area contributed by atoms with Crippen molar-refractivity contribution in [2.24, 2.45) is 13.0 Å². The molecule has 136 valence electrons. The molecule has 1 saturated carbocycles. The number of hydrogen-bond donors (Lipinski definition) is 0. The SMILES string of the molecule is Cn1cc(-c2ccnc3c2CN(C(=O)C2CC2)C3)c(-c2ccc(F)cc2)n1. The molecule has 0 atom stereocenters. The third-order valence-corrected chi connectivity index (χ3v) is 5.31. The van der Waals surface area contributed by atoms with Crippen molar-refractivity contribution in [3.63, 3.8) is 0 Å². The third-order valence-electron chi connectivity index (χ3n) is 5.31. The standard InChI is InChI=1S/C21H19FN4O/c1-25-10-18(20(24-25)13-4-6-15(22)7-5-13)16-8-9-23-19-12-26(11-17(16)19)21(27)14-2-3-14/h4-10,14H,2-3,11-12H2,1H3. The molecule has 0 radical (unpaired) electrons. The van der Waals surface area contributed by atoms with Crippen LogP contribution in [0.15, 0.2) is 42.7 Å². The van der Waals surface area contributed by atoms with Crippen molar-refractivity contribution in [3.8, 4) is 22.4 Å². The van der Waals surface area contributed by atoms with E-state index in [1.54, 1.807) is 23.0 Å². The number of carbonyl (C=O) groups excluding carboxylic acids is 1. The van der Waals surface area contributed by atoms with Gasteiger partial charge in [-0.15, -0.1) is 0 Å². The van der Waals surface area contributed by atoms with Crippen molar-refractivity contribution < 1.29 is 9.18 Å². The lowest BCUT2D eigenvalue weighted by Gasteiger charge is -2.14. The molecule has 1 fully saturated rings. The molecule has 0 spiro atoms. The summed E-state index contributed by atoms with van der Waals surface area (Å²) in [6.45, 7) is 1.16. The van der Waals surface area contributed by atoms with Gasteiger partial charge < -0.3 is 4.90 Å². The first kappa shape index (κ1) is 16.2. The number of amides is 1. The summed E-state index contributed by atoms with van der Waals surface area (Å²) in [5.41, 5.74) is 5.72. The van der Waals surface area contributed by atoms with Crippen LogP contribution in [0, 0.1) is 11.7 Å². The summed E-state index contributed by atoms with van der Waals surface area (Å²) in [4.78, 5) is 18.9. The van der Waals surface area contributed by atoms with Crippen LogP contribution in [0.5, 0.6) is 0 Å². The van der Waals surface area contributed by atoms with Crippen LogP contribution in [0.4, 0.5) is 4.39 Å². The molecule has 1 amide bonds. The Labute approximate surface area is 156 Å². The van der Waals surface area contributed by atoms with E-state index in [1.807, 2.05) is 24.2 Å². The summed E-state index contributed by atoms with van der Waals surface area (Å²) in [5.74, 6) is 0.176. The third kappa shape index (κ3) is 2.81. The van der Waals surface area contributed by atoms with E-state index in [4.69, 9.17) is 0 Å². The van der Waals surface area contributed by atoms with E-state index in [0.29, 0.717) is 13.1 Å². The molecule has 5 rings (SSSR count). The van der Waals surface area contributed by atoms with Gasteiger partial charge in [0.05, 0.1) is 12.2 Å². The zero-order chi connectivity index (χ0) is 18.5. The zero-order valence-corrected chi connectivity index (χ0v) is 15.0. The number of benzene rings is 1. The first-order valence-corrected chi connectivity index (χ1v) is 9.15. The highest BCUT2D eigenvalue weighted by atomic mass is 19.1. The van der Waals surface area contributed by atoms with E-state index in [9.17, 15) is 9.18 Å². The maximum Gasteiger partial charge on any atom is 0.226 e.